The summed E-state index contributed by atoms with van der Waals surface area (Å²) in [5, 5.41) is 14.1. The molecule has 100 valence electrons. The van der Waals surface area contributed by atoms with Crippen LogP contribution < -0.4 is 5.32 Å². The molecular weight excluding hydrogens is 296 g/mol. The molecule has 1 rings (SSSR count). The SMILES string of the molecule is CCC(C)(CC)NCc1ccc([N+](=O)[O-])cc1Br. The van der Waals surface area contributed by atoms with Crippen LogP contribution in [0.2, 0.25) is 0 Å². The van der Waals surface area contributed by atoms with Gasteiger partial charge in [-0.25, -0.2) is 0 Å². The Kier molecular flexibility index (Phi) is 5.28. The Balaban J connectivity index is 2.77. The molecule has 0 aliphatic carbocycles. The summed E-state index contributed by atoms with van der Waals surface area (Å²) in [4.78, 5) is 10.3. The van der Waals surface area contributed by atoms with Crippen molar-refractivity contribution in [2.24, 2.45) is 0 Å². The average molecular weight is 315 g/mol. The Morgan fingerprint density at radius 2 is 2.00 bits per heavy atom. The van der Waals surface area contributed by atoms with Crippen LogP contribution in [-0.4, -0.2) is 10.5 Å². The Bertz CT molecular complexity index is 431. The molecule has 0 amide bonds. The van der Waals surface area contributed by atoms with E-state index in [0.717, 1.165) is 22.9 Å². The Labute approximate surface area is 116 Å². The molecule has 0 fully saturated rings. The molecule has 0 atom stereocenters. The summed E-state index contributed by atoms with van der Waals surface area (Å²) in [6.45, 7) is 7.20. The summed E-state index contributed by atoms with van der Waals surface area (Å²) >= 11 is 3.38. The zero-order chi connectivity index (χ0) is 13.8. The highest BCUT2D eigenvalue weighted by Gasteiger charge is 2.19. The molecule has 0 unspecified atom stereocenters. The maximum absolute atomic E-state index is 10.6. The first-order chi connectivity index (χ1) is 8.41. The largest absolute Gasteiger partial charge is 0.307 e. The number of hydrogen-bond acceptors (Lipinski definition) is 3. The number of nitro groups is 1. The highest BCUT2D eigenvalue weighted by Crippen LogP contribution is 2.24. The van der Waals surface area contributed by atoms with Gasteiger partial charge in [0.05, 0.1) is 4.92 Å². The Morgan fingerprint density at radius 1 is 1.39 bits per heavy atom. The van der Waals surface area contributed by atoms with E-state index in [9.17, 15) is 10.1 Å². The highest BCUT2D eigenvalue weighted by atomic mass is 79.9. The molecule has 0 spiro atoms. The van der Waals surface area contributed by atoms with Crippen molar-refractivity contribution in [3.63, 3.8) is 0 Å². The summed E-state index contributed by atoms with van der Waals surface area (Å²) in [6.07, 6.45) is 2.10. The van der Waals surface area contributed by atoms with E-state index in [1.165, 1.54) is 6.07 Å². The Morgan fingerprint density at radius 3 is 2.44 bits per heavy atom. The molecule has 1 N–H and O–H groups in total. The van der Waals surface area contributed by atoms with Crippen LogP contribution >= 0.6 is 15.9 Å². The standard InChI is InChI=1S/C13H19BrN2O2/c1-4-13(3,5-2)15-9-10-6-7-11(16(17)18)8-12(10)14/h6-8,15H,4-5,9H2,1-3H3. The van der Waals surface area contributed by atoms with Gasteiger partial charge in [-0.2, -0.15) is 0 Å². The molecule has 1 aromatic rings. The number of hydrogen-bond donors (Lipinski definition) is 1. The van der Waals surface area contributed by atoms with Crippen LogP contribution in [0.4, 0.5) is 5.69 Å². The first kappa shape index (κ1) is 15.1. The van der Waals surface area contributed by atoms with E-state index >= 15 is 0 Å². The van der Waals surface area contributed by atoms with E-state index in [2.05, 4.69) is 42.0 Å². The van der Waals surface area contributed by atoms with Crippen molar-refractivity contribution in [1.82, 2.24) is 5.32 Å². The monoisotopic (exact) mass is 314 g/mol. The summed E-state index contributed by atoms with van der Waals surface area (Å²) in [6, 6.07) is 4.88. The van der Waals surface area contributed by atoms with Crippen LogP contribution in [0.25, 0.3) is 0 Å². The van der Waals surface area contributed by atoms with Crippen LogP contribution in [0.5, 0.6) is 0 Å². The van der Waals surface area contributed by atoms with Crippen LogP contribution in [-0.2, 0) is 6.54 Å². The van der Waals surface area contributed by atoms with Crippen molar-refractivity contribution < 1.29 is 4.92 Å². The molecule has 0 bridgehead atoms. The lowest BCUT2D eigenvalue weighted by Crippen LogP contribution is -2.40. The van der Waals surface area contributed by atoms with E-state index in [4.69, 9.17) is 0 Å². The minimum atomic E-state index is -0.385. The van der Waals surface area contributed by atoms with Gasteiger partial charge in [-0.15, -0.1) is 0 Å². The molecule has 0 saturated carbocycles. The lowest BCUT2D eigenvalue weighted by Gasteiger charge is -2.28. The zero-order valence-corrected chi connectivity index (χ0v) is 12.6. The van der Waals surface area contributed by atoms with Gasteiger partial charge in [-0.1, -0.05) is 29.8 Å². The van der Waals surface area contributed by atoms with Crippen molar-refractivity contribution in [3.8, 4) is 0 Å². The molecule has 0 aromatic heterocycles. The third-order valence-electron chi connectivity index (χ3n) is 3.51. The number of nitrogens with zero attached hydrogens (tertiary/aromatic N) is 1. The molecule has 0 radical (unpaired) electrons. The average Bonchev–Trinajstić information content (AvgIpc) is 2.36. The predicted octanol–water partition coefficient (Wildman–Crippen LogP) is 4.03. The molecule has 1 aromatic carbocycles. The van der Waals surface area contributed by atoms with Gasteiger partial charge >= 0.3 is 0 Å². The van der Waals surface area contributed by atoms with Gasteiger partial charge in [-0.3, -0.25) is 10.1 Å². The van der Waals surface area contributed by atoms with Crippen molar-refractivity contribution >= 4 is 21.6 Å². The third kappa shape index (κ3) is 3.78. The van der Waals surface area contributed by atoms with Crippen LogP contribution in [0.15, 0.2) is 22.7 Å². The summed E-state index contributed by atoms with van der Waals surface area (Å²) in [5.41, 5.74) is 1.26. The predicted molar refractivity (Wildman–Crippen MR) is 76.6 cm³/mol. The normalized spacial score (nSPS) is 11.6. The van der Waals surface area contributed by atoms with E-state index in [0.29, 0.717) is 6.54 Å². The summed E-state index contributed by atoms with van der Waals surface area (Å²) in [7, 11) is 0. The van der Waals surface area contributed by atoms with E-state index < -0.39 is 0 Å². The van der Waals surface area contributed by atoms with Crippen molar-refractivity contribution in [3.05, 3.63) is 38.3 Å². The fourth-order valence-electron chi connectivity index (χ4n) is 1.60. The lowest BCUT2D eigenvalue weighted by molar-refractivity contribution is -0.384. The van der Waals surface area contributed by atoms with Gasteiger partial charge in [0.2, 0.25) is 0 Å². The number of non-ortho nitro benzene ring substituents is 1. The van der Waals surface area contributed by atoms with E-state index in [1.54, 1.807) is 12.1 Å². The number of rotatable bonds is 6. The molecule has 5 heteroatoms. The van der Waals surface area contributed by atoms with Gasteiger partial charge in [0.1, 0.15) is 0 Å². The molecule has 0 aliphatic heterocycles. The minimum Gasteiger partial charge on any atom is -0.307 e. The molecule has 0 heterocycles. The van der Waals surface area contributed by atoms with E-state index in [-0.39, 0.29) is 16.1 Å². The van der Waals surface area contributed by atoms with Crippen molar-refractivity contribution in [1.29, 1.82) is 0 Å². The summed E-state index contributed by atoms with van der Waals surface area (Å²) < 4.78 is 0.777. The number of halogens is 1. The fraction of sp³-hybridized carbons (Fsp3) is 0.538. The first-order valence-electron chi connectivity index (χ1n) is 6.09. The molecule has 0 saturated heterocycles. The quantitative estimate of drug-likeness (QED) is 0.637. The van der Waals surface area contributed by atoms with Gasteiger partial charge in [0.15, 0.2) is 0 Å². The summed E-state index contributed by atoms with van der Waals surface area (Å²) in [5.74, 6) is 0. The molecular formula is C13H19BrN2O2. The van der Waals surface area contributed by atoms with Crippen molar-refractivity contribution in [2.45, 2.75) is 45.7 Å². The van der Waals surface area contributed by atoms with Crippen LogP contribution in [0.3, 0.4) is 0 Å². The smallest absolute Gasteiger partial charge is 0.270 e. The zero-order valence-electron chi connectivity index (χ0n) is 11.0. The Hall–Kier alpha value is -0.940. The fourth-order valence-corrected chi connectivity index (χ4v) is 2.11. The second kappa shape index (κ2) is 6.29. The minimum absolute atomic E-state index is 0.111. The van der Waals surface area contributed by atoms with E-state index in [1.807, 2.05) is 0 Å². The number of nitrogens with one attached hydrogen (secondary N) is 1. The van der Waals surface area contributed by atoms with Crippen molar-refractivity contribution in [2.75, 3.05) is 0 Å². The second-order valence-corrected chi connectivity index (χ2v) is 5.51. The van der Waals surface area contributed by atoms with Gasteiger partial charge in [0.25, 0.3) is 5.69 Å². The molecule has 0 aliphatic rings. The maximum atomic E-state index is 10.6. The van der Waals surface area contributed by atoms with Crippen LogP contribution in [0.1, 0.15) is 39.2 Å². The number of nitro benzene ring substituents is 1. The lowest BCUT2D eigenvalue weighted by atomic mass is 9.95. The third-order valence-corrected chi connectivity index (χ3v) is 4.25. The van der Waals surface area contributed by atoms with Gasteiger partial charge in [-0.05, 0) is 31.4 Å². The first-order valence-corrected chi connectivity index (χ1v) is 6.89. The maximum Gasteiger partial charge on any atom is 0.270 e. The molecule has 4 nitrogen and oxygen atoms in total. The van der Waals surface area contributed by atoms with Crippen LogP contribution in [0, 0.1) is 10.1 Å². The topological polar surface area (TPSA) is 55.2 Å². The van der Waals surface area contributed by atoms with Gasteiger partial charge in [0, 0.05) is 28.7 Å². The van der Waals surface area contributed by atoms with Gasteiger partial charge < -0.3 is 5.32 Å². The highest BCUT2D eigenvalue weighted by molar-refractivity contribution is 9.10. The molecule has 18 heavy (non-hydrogen) atoms. The second-order valence-electron chi connectivity index (χ2n) is 4.65. The number of benzene rings is 1.